The molecule has 0 aliphatic carbocycles. The Morgan fingerprint density at radius 1 is 1.15 bits per heavy atom. The third-order valence-corrected chi connectivity index (χ3v) is 5.47. The highest BCUT2D eigenvalue weighted by Crippen LogP contribution is 2.22. The fourth-order valence-electron chi connectivity index (χ4n) is 2.35. The van der Waals surface area contributed by atoms with Crippen LogP contribution in [0.25, 0.3) is 0 Å². The summed E-state index contributed by atoms with van der Waals surface area (Å²) in [5, 5.41) is 0.485. The van der Waals surface area contributed by atoms with Crippen molar-refractivity contribution in [1.82, 2.24) is 4.72 Å². The average Bonchev–Trinajstić information content (AvgIpc) is 2.60. The fourth-order valence-corrected chi connectivity index (χ4v) is 3.72. The van der Waals surface area contributed by atoms with E-state index in [-0.39, 0.29) is 11.5 Å². The van der Waals surface area contributed by atoms with E-state index < -0.39 is 28.1 Å². The van der Waals surface area contributed by atoms with E-state index in [9.17, 15) is 13.2 Å². The van der Waals surface area contributed by atoms with Crippen LogP contribution >= 0.6 is 11.6 Å². The Kier molecular flexibility index (Phi) is 6.77. The summed E-state index contributed by atoms with van der Waals surface area (Å²) in [7, 11) is -3.90. The maximum atomic E-state index is 12.7. The lowest BCUT2D eigenvalue weighted by Crippen LogP contribution is -2.46. The molecule has 0 radical (unpaired) electrons. The summed E-state index contributed by atoms with van der Waals surface area (Å²) < 4.78 is 32.9. The molecule has 6 nitrogen and oxygen atoms in total. The highest BCUT2D eigenvalue weighted by molar-refractivity contribution is 7.89. The van der Waals surface area contributed by atoms with E-state index in [2.05, 4.69) is 4.72 Å². The van der Waals surface area contributed by atoms with E-state index in [1.165, 1.54) is 12.1 Å². The van der Waals surface area contributed by atoms with Gasteiger partial charge in [-0.2, -0.15) is 0 Å². The zero-order valence-corrected chi connectivity index (χ0v) is 16.0. The van der Waals surface area contributed by atoms with E-state index in [0.29, 0.717) is 10.6 Å². The number of rotatable bonds is 7. The van der Waals surface area contributed by atoms with Crippen molar-refractivity contribution in [2.75, 3.05) is 6.61 Å². The van der Waals surface area contributed by atoms with Gasteiger partial charge in [0.15, 0.2) is 0 Å². The summed E-state index contributed by atoms with van der Waals surface area (Å²) in [4.78, 5) is 12.2. The Labute approximate surface area is 158 Å². The van der Waals surface area contributed by atoms with Crippen molar-refractivity contribution in [3.05, 3.63) is 64.7 Å². The number of halogens is 1. The smallest absolute Gasteiger partial charge is 0.324 e. The molecule has 2 rings (SSSR count). The molecule has 0 unspecified atom stereocenters. The molecule has 2 aromatic carbocycles. The van der Waals surface area contributed by atoms with Crippen LogP contribution in [0.2, 0.25) is 5.02 Å². The summed E-state index contributed by atoms with van der Waals surface area (Å²) in [5.74, 6) is -0.695. The van der Waals surface area contributed by atoms with Gasteiger partial charge in [-0.15, -0.1) is 0 Å². The van der Waals surface area contributed by atoms with Crippen LogP contribution in [0.15, 0.2) is 53.4 Å². The third-order valence-electron chi connectivity index (χ3n) is 3.76. The molecule has 0 aromatic heterocycles. The van der Waals surface area contributed by atoms with Crippen LogP contribution in [0.3, 0.4) is 0 Å². The first-order chi connectivity index (χ1) is 12.2. The minimum Gasteiger partial charge on any atom is -0.465 e. The number of ether oxygens (including phenoxy) is 1. The summed E-state index contributed by atoms with van der Waals surface area (Å²) in [6, 6.07) is 10.6. The summed E-state index contributed by atoms with van der Waals surface area (Å²) in [6.07, 6.45) is 0. The topological polar surface area (TPSA) is 98.5 Å². The van der Waals surface area contributed by atoms with Gasteiger partial charge >= 0.3 is 5.97 Å². The maximum Gasteiger partial charge on any atom is 0.324 e. The lowest BCUT2D eigenvalue weighted by molar-refractivity contribution is -0.145. The molecule has 2 atom stereocenters. The Morgan fingerprint density at radius 2 is 1.73 bits per heavy atom. The fraction of sp³-hybridized carbons (Fsp3) is 0.278. The summed E-state index contributed by atoms with van der Waals surface area (Å²) in [6.45, 7) is 3.65. The van der Waals surface area contributed by atoms with Gasteiger partial charge in [-0.05, 0) is 43.7 Å². The van der Waals surface area contributed by atoms with E-state index in [1.54, 1.807) is 43.3 Å². The predicted octanol–water partition coefficient (Wildman–Crippen LogP) is 2.56. The van der Waals surface area contributed by atoms with Crippen molar-refractivity contribution in [3.63, 3.8) is 0 Å². The first-order valence-corrected chi connectivity index (χ1v) is 9.87. The normalized spacial score (nSPS) is 13.8. The molecule has 0 heterocycles. The number of hydrogen-bond acceptors (Lipinski definition) is 5. The summed E-state index contributed by atoms with van der Waals surface area (Å²) in [5.41, 5.74) is 7.43. The number of aryl methyl sites for hydroxylation is 1. The van der Waals surface area contributed by atoms with Gasteiger partial charge in [-0.1, -0.05) is 41.4 Å². The molecule has 0 aliphatic rings. The van der Waals surface area contributed by atoms with Crippen LogP contribution in [0.1, 0.15) is 24.1 Å². The second kappa shape index (κ2) is 8.64. The second-order valence-electron chi connectivity index (χ2n) is 5.74. The lowest BCUT2D eigenvalue weighted by atomic mass is 10.0. The zero-order valence-electron chi connectivity index (χ0n) is 14.5. The minimum absolute atomic E-state index is 0.0816. The maximum absolute atomic E-state index is 12.7. The monoisotopic (exact) mass is 396 g/mol. The minimum atomic E-state index is -3.90. The predicted molar refractivity (Wildman–Crippen MR) is 100 cm³/mol. The number of benzene rings is 2. The Hall–Kier alpha value is -1.93. The molecule has 140 valence electrons. The lowest BCUT2D eigenvalue weighted by Gasteiger charge is -2.24. The van der Waals surface area contributed by atoms with E-state index >= 15 is 0 Å². The largest absolute Gasteiger partial charge is 0.465 e. The number of nitrogens with one attached hydrogen (secondary N) is 1. The average molecular weight is 397 g/mol. The van der Waals surface area contributed by atoms with Crippen LogP contribution < -0.4 is 10.5 Å². The first kappa shape index (κ1) is 20.4. The third kappa shape index (κ3) is 5.04. The highest BCUT2D eigenvalue weighted by atomic mass is 35.5. The van der Waals surface area contributed by atoms with Gasteiger partial charge in [-0.3, -0.25) is 4.79 Å². The van der Waals surface area contributed by atoms with Gasteiger partial charge in [0, 0.05) is 5.02 Å². The van der Waals surface area contributed by atoms with E-state index in [0.717, 1.165) is 5.56 Å². The van der Waals surface area contributed by atoms with Gasteiger partial charge in [0.1, 0.15) is 6.04 Å². The molecule has 0 spiro atoms. The van der Waals surface area contributed by atoms with Gasteiger partial charge in [0.2, 0.25) is 10.0 Å². The SMILES string of the molecule is CCOC(=O)[C@H](N)[C@H](NS(=O)(=O)c1ccc(C)cc1)c1ccc(Cl)cc1. The Bertz CT molecular complexity index is 852. The van der Waals surface area contributed by atoms with E-state index in [1.807, 2.05) is 6.92 Å². The second-order valence-corrected chi connectivity index (χ2v) is 7.89. The van der Waals surface area contributed by atoms with E-state index in [4.69, 9.17) is 22.1 Å². The van der Waals surface area contributed by atoms with Gasteiger partial charge in [0.25, 0.3) is 0 Å². The Morgan fingerprint density at radius 3 is 2.27 bits per heavy atom. The molecule has 3 N–H and O–H groups in total. The molecule has 0 amide bonds. The van der Waals surface area contributed by atoms with Crippen LogP contribution in [0.4, 0.5) is 0 Å². The first-order valence-electron chi connectivity index (χ1n) is 8.01. The Balaban J connectivity index is 2.38. The number of carbonyl (C=O) groups is 1. The molecular formula is C18H21ClN2O4S. The summed E-state index contributed by atoms with van der Waals surface area (Å²) >= 11 is 5.89. The number of hydrogen-bond donors (Lipinski definition) is 2. The number of nitrogens with two attached hydrogens (primary N) is 1. The van der Waals surface area contributed by atoms with Crippen molar-refractivity contribution in [3.8, 4) is 0 Å². The molecule has 2 aromatic rings. The molecule has 0 fully saturated rings. The molecule has 26 heavy (non-hydrogen) atoms. The number of esters is 1. The van der Waals surface area contributed by atoms with Gasteiger partial charge < -0.3 is 10.5 Å². The van der Waals surface area contributed by atoms with Crippen molar-refractivity contribution in [2.24, 2.45) is 5.73 Å². The molecular weight excluding hydrogens is 376 g/mol. The van der Waals surface area contributed by atoms with Gasteiger partial charge in [-0.25, -0.2) is 13.1 Å². The number of carbonyl (C=O) groups excluding carboxylic acids is 1. The molecule has 8 heteroatoms. The quantitative estimate of drug-likeness (QED) is 0.701. The van der Waals surface area contributed by atoms with Crippen molar-refractivity contribution in [1.29, 1.82) is 0 Å². The molecule has 0 aliphatic heterocycles. The zero-order chi connectivity index (χ0) is 19.3. The molecule has 0 saturated carbocycles. The van der Waals surface area contributed by atoms with Crippen molar-refractivity contribution < 1.29 is 17.9 Å². The van der Waals surface area contributed by atoms with Crippen LogP contribution in [-0.4, -0.2) is 27.0 Å². The standard InChI is InChI=1S/C18H21ClN2O4S/c1-3-25-18(22)16(20)17(13-6-8-14(19)9-7-13)21-26(23,24)15-10-4-12(2)5-11-15/h4-11,16-17,21H,3,20H2,1-2H3/t16-,17-/m1/s1. The van der Waals surface area contributed by atoms with Crippen molar-refractivity contribution in [2.45, 2.75) is 30.8 Å². The number of sulfonamides is 1. The van der Waals surface area contributed by atoms with Crippen molar-refractivity contribution >= 4 is 27.6 Å². The molecule has 0 saturated heterocycles. The van der Waals surface area contributed by atoms with Crippen LogP contribution in [-0.2, 0) is 19.6 Å². The van der Waals surface area contributed by atoms with Crippen LogP contribution in [0.5, 0.6) is 0 Å². The molecule has 0 bridgehead atoms. The van der Waals surface area contributed by atoms with Crippen LogP contribution in [0, 0.1) is 6.92 Å². The van der Waals surface area contributed by atoms with Gasteiger partial charge in [0.05, 0.1) is 17.5 Å². The highest BCUT2D eigenvalue weighted by Gasteiger charge is 2.31.